The number of aliphatic hydroxyl groups is 1. The Labute approximate surface area is 127 Å². The Morgan fingerprint density at radius 3 is 2.62 bits per heavy atom. The fourth-order valence-electron chi connectivity index (χ4n) is 2.91. The maximum atomic E-state index is 9.83. The summed E-state index contributed by atoms with van der Waals surface area (Å²) in [5, 5.41) is 9.83. The zero-order valence-electron chi connectivity index (χ0n) is 13.2. The van der Waals surface area contributed by atoms with Crippen molar-refractivity contribution in [1.82, 2.24) is 4.90 Å². The van der Waals surface area contributed by atoms with Gasteiger partial charge in [-0.15, -0.1) is 0 Å². The van der Waals surface area contributed by atoms with Crippen LogP contribution in [-0.2, 0) is 6.54 Å². The summed E-state index contributed by atoms with van der Waals surface area (Å²) < 4.78 is 5.79. The smallest absolute Gasteiger partial charge is 0.123 e. The molecule has 1 aromatic carbocycles. The average molecular weight is 289 g/mol. The van der Waals surface area contributed by atoms with Crippen molar-refractivity contribution in [2.45, 2.75) is 58.2 Å². The van der Waals surface area contributed by atoms with Crippen LogP contribution in [0.1, 0.15) is 56.8 Å². The van der Waals surface area contributed by atoms with Gasteiger partial charge in [0.1, 0.15) is 5.75 Å². The molecule has 21 heavy (non-hydrogen) atoms. The second-order valence-electron chi connectivity index (χ2n) is 6.58. The van der Waals surface area contributed by atoms with Gasteiger partial charge in [-0.25, -0.2) is 0 Å². The molecule has 1 aromatic rings. The molecule has 3 rings (SSSR count). The van der Waals surface area contributed by atoms with Crippen LogP contribution in [-0.4, -0.2) is 29.2 Å². The predicted molar refractivity (Wildman–Crippen MR) is 84.4 cm³/mol. The Balaban J connectivity index is 1.77. The molecule has 0 amide bonds. The standard InChI is InChI=1S/C18H27NO2/c1-3-21-18-9-6-15(13(2)20)10-16(18)12-19(17-7-8-17)11-14-4-5-14/h6,9-10,13-14,17,20H,3-5,7-8,11-12H2,1-2H3. The largest absolute Gasteiger partial charge is 0.494 e. The van der Waals surface area contributed by atoms with E-state index in [1.54, 1.807) is 0 Å². The monoisotopic (exact) mass is 289 g/mol. The van der Waals surface area contributed by atoms with Crippen molar-refractivity contribution in [1.29, 1.82) is 0 Å². The van der Waals surface area contributed by atoms with Crippen LogP contribution in [0, 0.1) is 5.92 Å². The van der Waals surface area contributed by atoms with Crippen LogP contribution in [0.25, 0.3) is 0 Å². The first-order chi connectivity index (χ1) is 10.2. The zero-order valence-corrected chi connectivity index (χ0v) is 13.2. The highest BCUT2D eigenvalue weighted by atomic mass is 16.5. The van der Waals surface area contributed by atoms with Gasteiger partial charge in [0.15, 0.2) is 0 Å². The number of benzene rings is 1. The van der Waals surface area contributed by atoms with Gasteiger partial charge < -0.3 is 9.84 Å². The molecular weight excluding hydrogens is 262 g/mol. The van der Waals surface area contributed by atoms with E-state index in [9.17, 15) is 5.11 Å². The zero-order chi connectivity index (χ0) is 14.8. The second-order valence-corrected chi connectivity index (χ2v) is 6.58. The summed E-state index contributed by atoms with van der Waals surface area (Å²) in [6.07, 6.45) is 5.06. The Kier molecular flexibility index (Phi) is 4.51. The lowest BCUT2D eigenvalue weighted by atomic mass is 10.1. The lowest BCUT2D eigenvalue weighted by Gasteiger charge is -2.24. The molecule has 2 fully saturated rings. The van der Waals surface area contributed by atoms with Crippen LogP contribution in [0.5, 0.6) is 5.75 Å². The lowest BCUT2D eigenvalue weighted by molar-refractivity contribution is 0.198. The van der Waals surface area contributed by atoms with Crippen LogP contribution in [0.2, 0.25) is 0 Å². The summed E-state index contributed by atoms with van der Waals surface area (Å²) in [5.74, 6) is 1.89. The van der Waals surface area contributed by atoms with Gasteiger partial charge in [0.25, 0.3) is 0 Å². The summed E-state index contributed by atoms with van der Waals surface area (Å²) in [5.41, 5.74) is 2.21. The van der Waals surface area contributed by atoms with Gasteiger partial charge in [-0.05, 0) is 63.1 Å². The molecule has 0 radical (unpaired) electrons. The van der Waals surface area contributed by atoms with Crippen LogP contribution in [0.15, 0.2) is 18.2 Å². The molecule has 2 aliphatic rings. The molecule has 2 aliphatic carbocycles. The van der Waals surface area contributed by atoms with Gasteiger partial charge in [0, 0.05) is 24.7 Å². The van der Waals surface area contributed by atoms with Crippen molar-refractivity contribution < 1.29 is 9.84 Å². The minimum absolute atomic E-state index is 0.419. The molecule has 1 N–H and O–H groups in total. The molecule has 2 saturated carbocycles. The van der Waals surface area contributed by atoms with Gasteiger partial charge in [-0.1, -0.05) is 6.07 Å². The first kappa shape index (κ1) is 14.9. The molecule has 0 spiro atoms. The Morgan fingerprint density at radius 1 is 1.29 bits per heavy atom. The van der Waals surface area contributed by atoms with Gasteiger partial charge in [-0.2, -0.15) is 0 Å². The quantitative estimate of drug-likeness (QED) is 0.795. The molecule has 116 valence electrons. The molecule has 0 heterocycles. The van der Waals surface area contributed by atoms with E-state index in [1.807, 2.05) is 26.0 Å². The molecule has 1 unspecified atom stereocenters. The molecule has 3 heteroatoms. The first-order valence-corrected chi connectivity index (χ1v) is 8.35. The molecule has 0 saturated heterocycles. The van der Waals surface area contributed by atoms with Crippen LogP contribution >= 0.6 is 0 Å². The topological polar surface area (TPSA) is 32.7 Å². The van der Waals surface area contributed by atoms with Gasteiger partial charge in [0.2, 0.25) is 0 Å². The SMILES string of the molecule is CCOc1ccc(C(C)O)cc1CN(CC1CC1)C1CC1. The number of rotatable bonds is 8. The molecule has 0 aromatic heterocycles. The van der Waals surface area contributed by atoms with E-state index in [4.69, 9.17) is 4.74 Å². The van der Waals surface area contributed by atoms with Crippen molar-refractivity contribution in [3.05, 3.63) is 29.3 Å². The van der Waals surface area contributed by atoms with E-state index < -0.39 is 6.10 Å². The average Bonchev–Trinajstić information content (AvgIpc) is 3.33. The summed E-state index contributed by atoms with van der Waals surface area (Å²) in [4.78, 5) is 2.63. The third-order valence-electron chi connectivity index (χ3n) is 4.49. The molecule has 0 aliphatic heterocycles. The van der Waals surface area contributed by atoms with Gasteiger partial charge in [0.05, 0.1) is 12.7 Å². The predicted octanol–water partition coefficient (Wildman–Crippen LogP) is 3.51. The number of ether oxygens (including phenoxy) is 1. The Hall–Kier alpha value is -1.06. The van der Waals surface area contributed by atoms with Crippen molar-refractivity contribution in [3.63, 3.8) is 0 Å². The third kappa shape index (κ3) is 3.98. The van der Waals surface area contributed by atoms with Crippen molar-refractivity contribution in [2.24, 2.45) is 5.92 Å². The van der Waals surface area contributed by atoms with E-state index in [0.717, 1.165) is 29.8 Å². The van der Waals surface area contributed by atoms with Crippen molar-refractivity contribution in [2.75, 3.05) is 13.2 Å². The normalized spacial score (nSPS) is 19.8. The third-order valence-corrected chi connectivity index (χ3v) is 4.49. The van der Waals surface area contributed by atoms with Crippen molar-refractivity contribution >= 4 is 0 Å². The minimum Gasteiger partial charge on any atom is -0.494 e. The molecule has 1 atom stereocenters. The minimum atomic E-state index is -0.419. The number of hydrogen-bond acceptors (Lipinski definition) is 3. The number of aliphatic hydroxyl groups excluding tert-OH is 1. The molecular formula is C18H27NO2. The van der Waals surface area contributed by atoms with Crippen LogP contribution < -0.4 is 4.74 Å². The van der Waals surface area contributed by atoms with E-state index in [0.29, 0.717) is 6.61 Å². The van der Waals surface area contributed by atoms with Crippen LogP contribution in [0.3, 0.4) is 0 Å². The highest BCUT2D eigenvalue weighted by Gasteiger charge is 2.34. The van der Waals surface area contributed by atoms with Gasteiger partial charge >= 0.3 is 0 Å². The summed E-state index contributed by atoms with van der Waals surface area (Å²) in [6.45, 7) is 6.72. The van der Waals surface area contributed by atoms with Crippen LogP contribution in [0.4, 0.5) is 0 Å². The van der Waals surface area contributed by atoms with E-state index in [-0.39, 0.29) is 0 Å². The van der Waals surface area contributed by atoms with Gasteiger partial charge in [-0.3, -0.25) is 4.90 Å². The van der Waals surface area contributed by atoms with E-state index in [1.165, 1.54) is 37.8 Å². The number of hydrogen-bond donors (Lipinski definition) is 1. The maximum absolute atomic E-state index is 9.83. The first-order valence-electron chi connectivity index (χ1n) is 8.35. The second kappa shape index (κ2) is 6.37. The molecule has 3 nitrogen and oxygen atoms in total. The summed E-state index contributed by atoms with van der Waals surface area (Å²) in [6, 6.07) is 6.89. The summed E-state index contributed by atoms with van der Waals surface area (Å²) in [7, 11) is 0. The summed E-state index contributed by atoms with van der Waals surface area (Å²) >= 11 is 0. The maximum Gasteiger partial charge on any atom is 0.123 e. The Morgan fingerprint density at radius 2 is 2.05 bits per heavy atom. The van der Waals surface area contributed by atoms with E-state index >= 15 is 0 Å². The fraction of sp³-hybridized carbons (Fsp3) is 0.667. The highest BCUT2D eigenvalue weighted by molar-refractivity contribution is 5.38. The number of nitrogens with zero attached hydrogens (tertiary/aromatic N) is 1. The lowest BCUT2D eigenvalue weighted by Crippen LogP contribution is -2.28. The van der Waals surface area contributed by atoms with E-state index in [2.05, 4.69) is 11.0 Å². The molecule has 0 bridgehead atoms. The van der Waals surface area contributed by atoms with Crippen molar-refractivity contribution in [3.8, 4) is 5.75 Å². The fourth-order valence-corrected chi connectivity index (χ4v) is 2.91. The Bertz CT molecular complexity index is 478. The highest BCUT2D eigenvalue weighted by Crippen LogP contribution is 2.37.